The number of nitrogen functional groups attached to an aromatic ring is 1. The highest BCUT2D eigenvalue weighted by Crippen LogP contribution is 2.25. The van der Waals surface area contributed by atoms with E-state index in [1.54, 1.807) is 11.3 Å². The normalized spacial score (nSPS) is 10.5. The highest BCUT2D eigenvalue weighted by molar-refractivity contribution is 9.10. The number of halogens is 1. The van der Waals surface area contributed by atoms with Gasteiger partial charge in [-0.1, -0.05) is 11.6 Å². The Morgan fingerprint density at radius 3 is 2.74 bits per heavy atom. The third-order valence-electron chi connectivity index (χ3n) is 2.87. The number of benzene rings is 1. The van der Waals surface area contributed by atoms with E-state index in [1.165, 1.54) is 4.88 Å². The Kier molecular flexibility index (Phi) is 4.27. The van der Waals surface area contributed by atoms with Crippen molar-refractivity contribution in [1.82, 2.24) is 0 Å². The minimum Gasteiger partial charge on any atom is -0.384 e. The molecule has 0 amide bonds. The van der Waals surface area contributed by atoms with Crippen LogP contribution in [0.2, 0.25) is 0 Å². The summed E-state index contributed by atoms with van der Waals surface area (Å²) in [5, 5.41) is 9.77. The number of hydrogen-bond donors (Lipinski definition) is 2. The first kappa shape index (κ1) is 14.1. The van der Waals surface area contributed by atoms with Crippen LogP contribution in [0.4, 0.5) is 5.69 Å². The average molecular weight is 338 g/mol. The molecule has 1 heterocycles. The molecule has 100 valence electrons. The molecule has 0 radical (unpaired) electrons. The number of rotatable bonds is 4. The topological polar surface area (TPSA) is 53.1 Å². The van der Waals surface area contributed by atoms with Gasteiger partial charge in [0.25, 0.3) is 0 Å². The van der Waals surface area contributed by atoms with Crippen LogP contribution in [0.1, 0.15) is 16.0 Å². The van der Waals surface area contributed by atoms with Gasteiger partial charge < -0.3 is 10.6 Å². The van der Waals surface area contributed by atoms with E-state index in [2.05, 4.69) is 32.3 Å². The predicted octanol–water partition coefficient (Wildman–Crippen LogP) is 3.74. The number of nitrogens with two attached hydrogens (primary N) is 1. The molecule has 2 aromatic rings. The second-order valence-corrected chi connectivity index (χ2v) is 6.43. The van der Waals surface area contributed by atoms with Crippen molar-refractivity contribution in [3.05, 3.63) is 50.1 Å². The summed E-state index contributed by atoms with van der Waals surface area (Å²) < 4.78 is 1.11. The minimum atomic E-state index is 0.109. The molecule has 2 rings (SSSR count). The molecule has 3 nitrogen and oxygen atoms in total. The van der Waals surface area contributed by atoms with E-state index in [4.69, 9.17) is 11.1 Å². The standard InChI is InChI=1S/C14H16BrN3S/c1-9-3-4-13(12(5-9)14(16)17)18(2)7-11-6-10(15)8-19-11/h3-6,8H,7H2,1-2H3,(H3,16,17). The number of thiophene rings is 1. The maximum Gasteiger partial charge on any atom is 0.124 e. The monoisotopic (exact) mass is 337 g/mol. The maximum absolute atomic E-state index is 7.70. The molecule has 19 heavy (non-hydrogen) atoms. The quantitative estimate of drug-likeness (QED) is 0.659. The van der Waals surface area contributed by atoms with Crippen LogP contribution in [0, 0.1) is 12.3 Å². The third-order valence-corrected chi connectivity index (χ3v) is 4.55. The number of nitrogens with one attached hydrogen (secondary N) is 1. The SMILES string of the molecule is Cc1ccc(N(C)Cc2cc(Br)cs2)c(C(=N)N)c1. The second-order valence-electron chi connectivity index (χ2n) is 4.52. The molecule has 5 heteroatoms. The molecule has 0 bridgehead atoms. The van der Waals surface area contributed by atoms with Gasteiger partial charge in [0.15, 0.2) is 0 Å². The summed E-state index contributed by atoms with van der Waals surface area (Å²) in [4.78, 5) is 3.39. The molecule has 0 saturated heterocycles. The Morgan fingerprint density at radius 2 is 2.16 bits per heavy atom. The zero-order valence-corrected chi connectivity index (χ0v) is 13.3. The first-order chi connectivity index (χ1) is 8.97. The van der Waals surface area contributed by atoms with E-state index in [0.29, 0.717) is 0 Å². The summed E-state index contributed by atoms with van der Waals surface area (Å²) >= 11 is 5.18. The Hall–Kier alpha value is -1.33. The number of anilines is 1. The van der Waals surface area contributed by atoms with Gasteiger partial charge in [0, 0.05) is 33.0 Å². The van der Waals surface area contributed by atoms with Crippen LogP contribution in [-0.4, -0.2) is 12.9 Å². The lowest BCUT2D eigenvalue weighted by Crippen LogP contribution is -2.21. The van der Waals surface area contributed by atoms with Crippen LogP contribution in [0.5, 0.6) is 0 Å². The molecule has 0 saturated carbocycles. The Balaban J connectivity index is 2.28. The van der Waals surface area contributed by atoms with Gasteiger partial charge in [-0.15, -0.1) is 11.3 Å². The number of amidine groups is 1. The van der Waals surface area contributed by atoms with Crippen LogP contribution in [0.3, 0.4) is 0 Å². The third kappa shape index (κ3) is 3.36. The van der Waals surface area contributed by atoms with Gasteiger partial charge in [-0.05, 0) is 41.1 Å². The van der Waals surface area contributed by atoms with Gasteiger partial charge in [0.05, 0.1) is 6.54 Å². The molecule has 0 aliphatic rings. The fraction of sp³-hybridized carbons (Fsp3) is 0.214. The Labute approximate surface area is 125 Å². The second kappa shape index (κ2) is 5.75. The predicted molar refractivity (Wildman–Crippen MR) is 86.3 cm³/mol. The van der Waals surface area contributed by atoms with Gasteiger partial charge >= 0.3 is 0 Å². The van der Waals surface area contributed by atoms with E-state index >= 15 is 0 Å². The molecule has 0 aliphatic heterocycles. The van der Waals surface area contributed by atoms with Crippen molar-refractivity contribution in [1.29, 1.82) is 5.41 Å². The van der Waals surface area contributed by atoms with Gasteiger partial charge in [-0.2, -0.15) is 0 Å². The Bertz CT molecular complexity index is 606. The van der Waals surface area contributed by atoms with Crippen molar-refractivity contribution < 1.29 is 0 Å². The lowest BCUT2D eigenvalue weighted by molar-refractivity contribution is 0.937. The van der Waals surface area contributed by atoms with E-state index in [1.807, 2.05) is 32.2 Å². The molecule has 0 aliphatic carbocycles. The molecule has 1 aromatic heterocycles. The van der Waals surface area contributed by atoms with Crippen molar-refractivity contribution in [3.63, 3.8) is 0 Å². The molecule has 3 N–H and O–H groups in total. The highest BCUT2D eigenvalue weighted by atomic mass is 79.9. The zero-order valence-electron chi connectivity index (χ0n) is 10.9. The maximum atomic E-state index is 7.70. The van der Waals surface area contributed by atoms with Crippen molar-refractivity contribution in [2.24, 2.45) is 5.73 Å². The largest absolute Gasteiger partial charge is 0.384 e. The summed E-state index contributed by atoms with van der Waals surface area (Å²) in [6, 6.07) is 8.14. The van der Waals surface area contributed by atoms with Crippen LogP contribution in [-0.2, 0) is 6.54 Å². The molecular weight excluding hydrogens is 322 g/mol. The van der Waals surface area contributed by atoms with Crippen molar-refractivity contribution in [3.8, 4) is 0 Å². The van der Waals surface area contributed by atoms with Gasteiger partial charge in [0.1, 0.15) is 5.84 Å². The molecule has 1 aromatic carbocycles. The van der Waals surface area contributed by atoms with Crippen molar-refractivity contribution in [2.75, 3.05) is 11.9 Å². The summed E-state index contributed by atoms with van der Waals surface area (Å²) in [6.45, 7) is 2.81. The smallest absolute Gasteiger partial charge is 0.124 e. The fourth-order valence-corrected chi connectivity index (χ4v) is 3.46. The van der Waals surface area contributed by atoms with Crippen LogP contribution in [0.15, 0.2) is 34.1 Å². The van der Waals surface area contributed by atoms with E-state index in [-0.39, 0.29) is 5.84 Å². The lowest BCUT2D eigenvalue weighted by Gasteiger charge is -2.22. The van der Waals surface area contributed by atoms with Crippen LogP contribution < -0.4 is 10.6 Å². The van der Waals surface area contributed by atoms with E-state index in [0.717, 1.165) is 27.8 Å². The molecule has 0 spiro atoms. The lowest BCUT2D eigenvalue weighted by atomic mass is 10.1. The molecular formula is C14H16BrN3S. The van der Waals surface area contributed by atoms with E-state index in [9.17, 15) is 0 Å². The summed E-state index contributed by atoms with van der Waals surface area (Å²) in [7, 11) is 2.02. The van der Waals surface area contributed by atoms with Gasteiger partial charge in [0.2, 0.25) is 0 Å². The number of nitrogens with zero attached hydrogens (tertiary/aromatic N) is 1. The molecule has 0 fully saturated rings. The van der Waals surface area contributed by atoms with Crippen molar-refractivity contribution >= 4 is 38.8 Å². The van der Waals surface area contributed by atoms with Gasteiger partial charge in [-0.25, -0.2) is 0 Å². The van der Waals surface area contributed by atoms with Gasteiger partial charge in [-0.3, -0.25) is 5.41 Å². The number of aryl methyl sites for hydroxylation is 1. The molecule has 0 unspecified atom stereocenters. The highest BCUT2D eigenvalue weighted by Gasteiger charge is 2.11. The average Bonchev–Trinajstić information content (AvgIpc) is 2.74. The molecule has 0 atom stereocenters. The fourth-order valence-electron chi connectivity index (χ4n) is 1.95. The Morgan fingerprint density at radius 1 is 1.42 bits per heavy atom. The van der Waals surface area contributed by atoms with Crippen molar-refractivity contribution in [2.45, 2.75) is 13.5 Å². The minimum absolute atomic E-state index is 0.109. The van der Waals surface area contributed by atoms with Crippen LogP contribution in [0.25, 0.3) is 0 Å². The first-order valence-electron chi connectivity index (χ1n) is 5.86. The number of hydrogen-bond acceptors (Lipinski definition) is 3. The van der Waals surface area contributed by atoms with Crippen LogP contribution >= 0.6 is 27.3 Å². The first-order valence-corrected chi connectivity index (χ1v) is 7.53. The summed E-state index contributed by atoms with van der Waals surface area (Å²) in [5.74, 6) is 0.109. The zero-order chi connectivity index (χ0) is 14.0. The summed E-state index contributed by atoms with van der Waals surface area (Å²) in [5.41, 5.74) is 8.56. The summed E-state index contributed by atoms with van der Waals surface area (Å²) in [6.07, 6.45) is 0. The van der Waals surface area contributed by atoms with E-state index < -0.39 is 0 Å².